The molecule has 0 saturated carbocycles. The standard InChI is InChI=1S/C24H48O3/c1-3-5-6-7-8-9-10-11-12-13-14-15-17-23(16-4-2)26-20-22-18-24(19-25)27-21-22/h22-25H,3-21H2,1-2H3. The van der Waals surface area contributed by atoms with Gasteiger partial charge in [-0.2, -0.15) is 0 Å². The van der Waals surface area contributed by atoms with Gasteiger partial charge in [-0.1, -0.05) is 97.3 Å². The fraction of sp³-hybridized carbons (Fsp3) is 1.00. The quantitative estimate of drug-likeness (QED) is 0.253. The largest absolute Gasteiger partial charge is 0.394 e. The van der Waals surface area contributed by atoms with E-state index in [9.17, 15) is 0 Å². The van der Waals surface area contributed by atoms with Crippen molar-refractivity contribution in [2.24, 2.45) is 5.92 Å². The fourth-order valence-corrected chi connectivity index (χ4v) is 4.14. The topological polar surface area (TPSA) is 38.7 Å². The maximum absolute atomic E-state index is 9.16. The molecule has 3 heteroatoms. The molecule has 0 spiro atoms. The zero-order valence-electron chi connectivity index (χ0n) is 18.4. The van der Waals surface area contributed by atoms with E-state index >= 15 is 0 Å². The Labute approximate surface area is 169 Å². The summed E-state index contributed by atoms with van der Waals surface area (Å²) in [6.07, 6.45) is 21.9. The third-order valence-corrected chi connectivity index (χ3v) is 5.93. The first kappa shape index (κ1) is 24.9. The van der Waals surface area contributed by atoms with Gasteiger partial charge in [0.2, 0.25) is 0 Å². The summed E-state index contributed by atoms with van der Waals surface area (Å²) in [7, 11) is 0. The number of hydrogen-bond acceptors (Lipinski definition) is 3. The summed E-state index contributed by atoms with van der Waals surface area (Å²) in [5, 5.41) is 9.16. The zero-order chi connectivity index (χ0) is 19.6. The maximum atomic E-state index is 9.16. The summed E-state index contributed by atoms with van der Waals surface area (Å²) >= 11 is 0. The van der Waals surface area contributed by atoms with Crippen LogP contribution < -0.4 is 0 Å². The summed E-state index contributed by atoms with van der Waals surface area (Å²) in [5.41, 5.74) is 0. The summed E-state index contributed by atoms with van der Waals surface area (Å²) < 4.78 is 11.8. The Balaban J connectivity index is 1.93. The number of unbranched alkanes of at least 4 members (excludes halogenated alkanes) is 11. The molecular formula is C24H48O3. The van der Waals surface area contributed by atoms with Crippen LogP contribution in [0.1, 0.15) is 117 Å². The Bertz CT molecular complexity index is 308. The minimum Gasteiger partial charge on any atom is -0.394 e. The van der Waals surface area contributed by atoms with Crippen molar-refractivity contribution in [1.29, 1.82) is 0 Å². The fourth-order valence-electron chi connectivity index (χ4n) is 4.14. The molecular weight excluding hydrogens is 336 g/mol. The van der Waals surface area contributed by atoms with Crippen molar-refractivity contribution in [2.45, 2.75) is 129 Å². The molecule has 162 valence electrons. The molecule has 1 fully saturated rings. The van der Waals surface area contributed by atoms with Crippen molar-refractivity contribution >= 4 is 0 Å². The summed E-state index contributed by atoms with van der Waals surface area (Å²) in [6, 6.07) is 0. The van der Waals surface area contributed by atoms with E-state index in [2.05, 4.69) is 13.8 Å². The average molecular weight is 385 g/mol. The second-order valence-corrected chi connectivity index (χ2v) is 8.66. The Kier molecular flexibility index (Phi) is 16.6. The normalized spacial score (nSPS) is 21.0. The predicted molar refractivity (Wildman–Crippen MR) is 115 cm³/mol. The van der Waals surface area contributed by atoms with Crippen LogP contribution in [0.5, 0.6) is 0 Å². The molecule has 1 aliphatic rings. The van der Waals surface area contributed by atoms with E-state index in [1.807, 2.05) is 0 Å². The van der Waals surface area contributed by atoms with Crippen LogP contribution in [-0.2, 0) is 9.47 Å². The van der Waals surface area contributed by atoms with Gasteiger partial charge in [0, 0.05) is 5.92 Å². The van der Waals surface area contributed by atoms with Crippen LogP contribution in [0.2, 0.25) is 0 Å². The van der Waals surface area contributed by atoms with Crippen LogP contribution in [-0.4, -0.2) is 37.1 Å². The number of aliphatic hydroxyl groups excluding tert-OH is 1. The molecule has 0 amide bonds. The average Bonchev–Trinajstić information content (AvgIpc) is 3.15. The maximum Gasteiger partial charge on any atom is 0.0810 e. The first-order chi connectivity index (χ1) is 13.3. The first-order valence-corrected chi connectivity index (χ1v) is 12.1. The number of aliphatic hydroxyl groups is 1. The third-order valence-electron chi connectivity index (χ3n) is 5.93. The summed E-state index contributed by atoms with van der Waals surface area (Å²) in [6.45, 7) is 6.24. The van der Waals surface area contributed by atoms with E-state index in [0.29, 0.717) is 12.0 Å². The highest BCUT2D eigenvalue weighted by atomic mass is 16.5. The molecule has 0 aromatic heterocycles. The highest BCUT2D eigenvalue weighted by Gasteiger charge is 2.25. The first-order valence-electron chi connectivity index (χ1n) is 12.1. The van der Waals surface area contributed by atoms with Gasteiger partial charge >= 0.3 is 0 Å². The van der Waals surface area contributed by atoms with E-state index in [1.165, 1.54) is 96.3 Å². The van der Waals surface area contributed by atoms with Crippen LogP contribution in [0, 0.1) is 5.92 Å². The molecule has 27 heavy (non-hydrogen) atoms. The van der Waals surface area contributed by atoms with Crippen molar-refractivity contribution in [3.63, 3.8) is 0 Å². The molecule has 0 aliphatic carbocycles. The SMILES string of the molecule is CCCCCCCCCCCCCCC(CCC)OCC1COC(CO)C1. The lowest BCUT2D eigenvalue weighted by molar-refractivity contribution is 0.0127. The summed E-state index contributed by atoms with van der Waals surface area (Å²) in [4.78, 5) is 0. The minimum atomic E-state index is 0.0413. The van der Waals surface area contributed by atoms with Crippen molar-refractivity contribution in [1.82, 2.24) is 0 Å². The third kappa shape index (κ3) is 13.7. The minimum absolute atomic E-state index is 0.0413. The van der Waals surface area contributed by atoms with Crippen molar-refractivity contribution in [3.05, 3.63) is 0 Å². The zero-order valence-corrected chi connectivity index (χ0v) is 18.4. The molecule has 3 atom stereocenters. The number of ether oxygens (including phenoxy) is 2. The van der Waals surface area contributed by atoms with E-state index in [-0.39, 0.29) is 12.7 Å². The summed E-state index contributed by atoms with van der Waals surface area (Å²) in [5.74, 6) is 0.475. The molecule has 1 heterocycles. The van der Waals surface area contributed by atoms with Gasteiger partial charge in [-0.25, -0.2) is 0 Å². The van der Waals surface area contributed by atoms with Crippen molar-refractivity contribution in [2.75, 3.05) is 19.8 Å². The molecule has 1 N–H and O–H groups in total. The van der Waals surface area contributed by atoms with E-state index < -0.39 is 0 Å². The Morgan fingerprint density at radius 3 is 1.93 bits per heavy atom. The molecule has 1 rings (SSSR count). The highest BCUT2D eigenvalue weighted by molar-refractivity contribution is 4.73. The number of rotatable bonds is 19. The number of hydrogen-bond donors (Lipinski definition) is 1. The molecule has 1 saturated heterocycles. The highest BCUT2D eigenvalue weighted by Crippen LogP contribution is 2.22. The second kappa shape index (κ2) is 17.9. The Morgan fingerprint density at radius 2 is 1.41 bits per heavy atom. The van der Waals surface area contributed by atoms with Gasteiger partial charge in [0.1, 0.15) is 0 Å². The van der Waals surface area contributed by atoms with Gasteiger partial charge in [0.05, 0.1) is 32.0 Å². The van der Waals surface area contributed by atoms with E-state index in [4.69, 9.17) is 14.6 Å². The van der Waals surface area contributed by atoms with Crippen LogP contribution in [0.3, 0.4) is 0 Å². The van der Waals surface area contributed by atoms with Gasteiger partial charge < -0.3 is 14.6 Å². The predicted octanol–water partition coefficient (Wildman–Crippen LogP) is 6.66. The van der Waals surface area contributed by atoms with Crippen LogP contribution in [0.25, 0.3) is 0 Å². The van der Waals surface area contributed by atoms with Crippen molar-refractivity contribution < 1.29 is 14.6 Å². The van der Waals surface area contributed by atoms with Gasteiger partial charge in [0.25, 0.3) is 0 Å². The van der Waals surface area contributed by atoms with Crippen LogP contribution in [0.4, 0.5) is 0 Å². The molecule has 0 bridgehead atoms. The monoisotopic (exact) mass is 384 g/mol. The molecule has 1 aliphatic heterocycles. The van der Waals surface area contributed by atoms with Crippen molar-refractivity contribution in [3.8, 4) is 0 Å². The lowest BCUT2D eigenvalue weighted by Gasteiger charge is -2.19. The van der Waals surface area contributed by atoms with E-state index in [1.54, 1.807) is 0 Å². The second-order valence-electron chi connectivity index (χ2n) is 8.66. The van der Waals surface area contributed by atoms with Crippen LogP contribution in [0.15, 0.2) is 0 Å². The Hall–Kier alpha value is -0.120. The van der Waals surface area contributed by atoms with E-state index in [0.717, 1.165) is 19.6 Å². The van der Waals surface area contributed by atoms with Gasteiger partial charge in [-0.3, -0.25) is 0 Å². The van der Waals surface area contributed by atoms with Gasteiger partial charge in [-0.15, -0.1) is 0 Å². The molecule has 0 aromatic rings. The molecule has 3 unspecified atom stereocenters. The Morgan fingerprint density at radius 1 is 0.815 bits per heavy atom. The van der Waals surface area contributed by atoms with Gasteiger partial charge in [-0.05, 0) is 19.3 Å². The van der Waals surface area contributed by atoms with Crippen LogP contribution >= 0.6 is 0 Å². The lowest BCUT2D eigenvalue weighted by Crippen LogP contribution is -2.19. The lowest BCUT2D eigenvalue weighted by atomic mass is 10.0. The molecule has 3 nitrogen and oxygen atoms in total. The molecule has 0 aromatic carbocycles. The smallest absolute Gasteiger partial charge is 0.0810 e. The van der Waals surface area contributed by atoms with Gasteiger partial charge in [0.15, 0.2) is 0 Å². The molecule has 0 radical (unpaired) electrons.